The van der Waals surface area contributed by atoms with Crippen molar-refractivity contribution >= 4 is 5.91 Å². The summed E-state index contributed by atoms with van der Waals surface area (Å²) in [6.07, 6.45) is 3.46. The van der Waals surface area contributed by atoms with Crippen LogP contribution >= 0.6 is 0 Å². The molecule has 22 heavy (non-hydrogen) atoms. The highest BCUT2D eigenvalue weighted by molar-refractivity contribution is 5.79. The van der Waals surface area contributed by atoms with Gasteiger partial charge in [-0.25, -0.2) is 0 Å². The molecule has 1 aromatic heterocycles. The van der Waals surface area contributed by atoms with Crippen molar-refractivity contribution in [3.63, 3.8) is 0 Å². The van der Waals surface area contributed by atoms with E-state index in [-0.39, 0.29) is 12.5 Å². The average molecular weight is 298 g/mol. The lowest BCUT2D eigenvalue weighted by Crippen LogP contribution is -2.52. The molecular weight excluding hydrogens is 280 g/mol. The van der Waals surface area contributed by atoms with Crippen molar-refractivity contribution < 1.29 is 14.3 Å². The van der Waals surface area contributed by atoms with Gasteiger partial charge in [-0.3, -0.25) is 9.78 Å². The van der Waals surface area contributed by atoms with Crippen LogP contribution in [-0.2, 0) is 15.1 Å². The van der Waals surface area contributed by atoms with Crippen molar-refractivity contribution in [2.75, 3.05) is 20.3 Å². The number of nitrogens with one attached hydrogen (secondary N) is 1. The Morgan fingerprint density at radius 1 is 1.27 bits per heavy atom. The molecule has 1 aliphatic rings. The first-order valence-electron chi connectivity index (χ1n) is 7.09. The molecule has 114 valence electrons. The van der Waals surface area contributed by atoms with E-state index in [9.17, 15) is 4.79 Å². The quantitative estimate of drug-likeness (QED) is 0.943. The normalized spacial score (nSPS) is 21.3. The highest BCUT2D eigenvalue weighted by Gasteiger charge is 2.32. The van der Waals surface area contributed by atoms with E-state index >= 15 is 0 Å². The van der Waals surface area contributed by atoms with Crippen LogP contribution in [0.25, 0.3) is 11.1 Å². The van der Waals surface area contributed by atoms with Gasteiger partial charge in [-0.1, -0.05) is 18.2 Å². The van der Waals surface area contributed by atoms with Crippen molar-refractivity contribution in [2.24, 2.45) is 0 Å². The summed E-state index contributed by atoms with van der Waals surface area (Å²) in [7, 11) is 1.62. The zero-order chi connectivity index (χ0) is 15.6. The number of aromatic nitrogens is 1. The van der Waals surface area contributed by atoms with Crippen LogP contribution < -0.4 is 10.1 Å². The largest absolute Gasteiger partial charge is 0.495 e. The predicted octanol–water partition coefficient (Wildman–Crippen LogP) is 2.12. The van der Waals surface area contributed by atoms with E-state index in [4.69, 9.17) is 9.47 Å². The summed E-state index contributed by atoms with van der Waals surface area (Å²) in [5, 5.41) is 3.01. The van der Waals surface area contributed by atoms with Crippen LogP contribution in [-0.4, -0.2) is 31.2 Å². The number of amides is 1. The van der Waals surface area contributed by atoms with Crippen LogP contribution in [0.3, 0.4) is 0 Å². The van der Waals surface area contributed by atoms with Crippen LogP contribution in [0.1, 0.15) is 12.5 Å². The van der Waals surface area contributed by atoms with Crippen LogP contribution in [0.4, 0.5) is 0 Å². The van der Waals surface area contributed by atoms with E-state index in [1.54, 1.807) is 19.5 Å². The minimum atomic E-state index is -0.516. The van der Waals surface area contributed by atoms with Gasteiger partial charge in [-0.15, -0.1) is 0 Å². The molecule has 2 aromatic rings. The van der Waals surface area contributed by atoms with Gasteiger partial charge in [-0.2, -0.15) is 0 Å². The van der Waals surface area contributed by atoms with E-state index in [1.807, 2.05) is 37.3 Å². The van der Waals surface area contributed by atoms with Crippen molar-refractivity contribution in [1.82, 2.24) is 10.3 Å². The number of hydrogen-bond acceptors (Lipinski definition) is 4. The minimum Gasteiger partial charge on any atom is -0.495 e. The van der Waals surface area contributed by atoms with Crippen LogP contribution in [0, 0.1) is 0 Å². The summed E-state index contributed by atoms with van der Waals surface area (Å²) in [6.45, 7) is 2.54. The number of methoxy groups -OCH3 is 1. The van der Waals surface area contributed by atoms with Gasteiger partial charge in [0.05, 0.1) is 25.5 Å². The Bertz CT molecular complexity index is 702. The molecule has 0 bridgehead atoms. The number of nitrogens with zero attached hydrogens (tertiary/aromatic N) is 1. The molecule has 1 unspecified atom stereocenters. The summed E-state index contributed by atoms with van der Waals surface area (Å²) < 4.78 is 10.6. The fourth-order valence-corrected chi connectivity index (χ4v) is 2.61. The highest BCUT2D eigenvalue weighted by atomic mass is 16.5. The third-order valence-electron chi connectivity index (χ3n) is 3.82. The van der Waals surface area contributed by atoms with Crippen molar-refractivity contribution in [3.05, 3.63) is 48.3 Å². The Morgan fingerprint density at radius 2 is 2.14 bits per heavy atom. The standard InChI is InChI=1S/C17H18N2O3/c1-17(11-22-10-16(20)19-17)14-5-3-4-12(6-14)13-7-15(21-2)9-18-8-13/h3-9H,10-11H2,1-2H3,(H,19,20). The lowest BCUT2D eigenvalue weighted by molar-refractivity contribution is -0.135. The fraction of sp³-hybridized carbons (Fsp3) is 0.294. The van der Waals surface area contributed by atoms with Gasteiger partial charge in [0.15, 0.2) is 0 Å². The Morgan fingerprint density at radius 3 is 2.91 bits per heavy atom. The second kappa shape index (κ2) is 5.77. The number of carbonyl (C=O) groups excluding carboxylic acids is 1. The predicted molar refractivity (Wildman–Crippen MR) is 82.5 cm³/mol. The lowest BCUT2D eigenvalue weighted by Gasteiger charge is -2.35. The topological polar surface area (TPSA) is 60.5 Å². The molecule has 1 aliphatic heterocycles. The molecule has 0 aliphatic carbocycles. The second-order valence-corrected chi connectivity index (χ2v) is 5.57. The van der Waals surface area contributed by atoms with Crippen molar-refractivity contribution in [1.29, 1.82) is 0 Å². The van der Waals surface area contributed by atoms with Crippen LogP contribution in [0.15, 0.2) is 42.7 Å². The number of morpholine rings is 1. The maximum atomic E-state index is 11.6. The average Bonchev–Trinajstić information content (AvgIpc) is 2.55. The zero-order valence-electron chi connectivity index (χ0n) is 12.6. The van der Waals surface area contributed by atoms with Gasteiger partial charge in [0, 0.05) is 11.8 Å². The number of ether oxygens (including phenoxy) is 2. The summed E-state index contributed by atoms with van der Waals surface area (Å²) in [5.41, 5.74) is 2.47. The minimum absolute atomic E-state index is 0.0952. The number of rotatable bonds is 3. The van der Waals surface area contributed by atoms with Crippen LogP contribution in [0.5, 0.6) is 5.75 Å². The first-order valence-corrected chi connectivity index (χ1v) is 7.09. The Hall–Kier alpha value is -2.40. The van der Waals surface area contributed by atoms with Gasteiger partial charge < -0.3 is 14.8 Å². The Kier molecular flexibility index (Phi) is 3.81. The summed E-state index contributed by atoms with van der Waals surface area (Å²) in [6, 6.07) is 9.95. The maximum Gasteiger partial charge on any atom is 0.246 e. The molecule has 5 heteroatoms. The number of carbonyl (C=O) groups is 1. The molecule has 1 aromatic carbocycles. The number of pyridine rings is 1. The van der Waals surface area contributed by atoms with Crippen molar-refractivity contribution in [3.8, 4) is 16.9 Å². The van der Waals surface area contributed by atoms with Gasteiger partial charge in [-0.05, 0) is 30.2 Å². The summed E-state index contributed by atoms with van der Waals surface area (Å²) >= 11 is 0. The molecule has 1 N–H and O–H groups in total. The molecule has 1 atom stereocenters. The second-order valence-electron chi connectivity index (χ2n) is 5.57. The molecule has 1 amide bonds. The lowest BCUT2D eigenvalue weighted by atomic mass is 9.89. The fourth-order valence-electron chi connectivity index (χ4n) is 2.61. The van der Waals surface area contributed by atoms with Crippen molar-refractivity contribution in [2.45, 2.75) is 12.5 Å². The summed E-state index contributed by atoms with van der Waals surface area (Å²) in [4.78, 5) is 15.8. The number of hydrogen-bond donors (Lipinski definition) is 1. The third kappa shape index (κ3) is 2.80. The highest BCUT2D eigenvalue weighted by Crippen LogP contribution is 2.29. The van der Waals surface area contributed by atoms with Gasteiger partial charge in [0.2, 0.25) is 5.91 Å². The van der Waals surface area contributed by atoms with E-state index in [0.29, 0.717) is 12.4 Å². The third-order valence-corrected chi connectivity index (χ3v) is 3.82. The zero-order valence-corrected chi connectivity index (χ0v) is 12.6. The number of benzene rings is 1. The SMILES string of the molecule is COc1cncc(-c2cccc(C3(C)COCC(=O)N3)c2)c1. The smallest absolute Gasteiger partial charge is 0.246 e. The van der Waals surface area contributed by atoms with Gasteiger partial charge in [0.1, 0.15) is 12.4 Å². The molecule has 1 fully saturated rings. The first-order chi connectivity index (χ1) is 10.6. The van der Waals surface area contributed by atoms with Gasteiger partial charge >= 0.3 is 0 Å². The first kappa shape index (κ1) is 14.5. The molecule has 2 heterocycles. The maximum absolute atomic E-state index is 11.6. The molecule has 0 radical (unpaired) electrons. The summed E-state index contributed by atoms with van der Waals surface area (Å²) in [5.74, 6) is 0.616. The van der Waals surface area contributed by atoms with E-state index < -0.39 is 5.54 Å². The van der Waals surface area contributed by atoms with Crippen LogP contribution in [0.2, 0.25) is 0 Å². The Labute approximate surface area is 129 Å². The molecule has 3 rings (SSSR count). The molecular formula is C17H18N2O3. The monoisotopic (exact) mass is 298 g/mol. The van der Waals surface area contributed by atoms with Gasteiger partial charge in [0.25, 0.3) is 0 Å². The Balaban J connectivity index is 1.97. The molecule has 0 spiro atoms. The molecule has 5 nitrogen and oxygen atoms in total. The van der Waals surface area contributed by atoms with E-state index in [2.05, 4.69) is 10.3 Å². The van der Waals surface area contributed by atoms with E-state index in [1.165, 1.54) is 0 Å². The molecule has 1 saturated heterocycles. The van der Waals surface area contributed by atoms with E-state index in [0.717, 1.165) is 16.7 Å². The molecule has 0 saturated carbocycles.